The van der Waals surface area contributed by atoms with Crippen molar-refractivity contribution < 1.29 is 5.11 Å². The Bertz CT molecular complexity index is 430. The van der Waals surface area contributed by atoms with E-state index in [1.165, 1.54) is 0 Å². The highest BCUT2D eigenvalue weighted by atomic mass is 35.5. The highest BCUT2D eigenvalue weighted by Crippen LogP contribution is 2.24. The second kappa shape index (κ2) is 4.69. The fraction of sp³-hybridized carbons (Fsp3) is 0.455. The number of hydrogen-bond donors (Lipinski definition) is 1. The summed E-state index contributed by atoms with van der Waals surface area (Å²) in [5, 5.41) is 18.2. The molecule has 16 heavy (non-hydrogen) atoms. The van der Waals surface area contributed by atoms with E-state index in [0.717, 1.165) is 25.3 Å². The molecule has 1 aliphatic heterocycles. The van der Waals surface area contributed by atoms with Crippen LogP contribution in [0, 0.1) is 17.2 Å². The lowest BCUT2D eigenvalue weighted by Gasteiger charge is -2.17. The standard InChI is InChI=1S/C11H12ClN3O/c12-10-3-9(5-13)4-11(14-10)15-2-1-8(6-15)7-16/h3-4,8,16H,1-2,6-7H2. The van der Waals surface area contributed by atoms with Gasteiger partial charge in [-0.05, 0) is 18.6 Å². The Balaban J connectivity index is 2.21. The van der Waals surface area contributed by atoms with Gasteiger partial charge in [0.15, 0.2) is 0 Å². The van der Waals surface area contributed by atoms with E-state index in [-0.39, 0.29) is 6.61 Å². The molecule has 84 valence electrons. The van der Waals surface area contributed by atoms with Gasteiger partial charge in [-0.1, -0.05) is 11.6 Å². The first-order chi connectivity index (χ1) is 7.72. The van der Waals surface area contributed by atoms with E-state index in [2.05, 4.69) is 11.1 Å². The van der Waals surface area contributed by atoms with Gasteiger partial charge in [0.1, 0.15) is 11.0 Å². The summed E-state index contributed by atoms with van der Waals surface area (Å²) in [7, 11) is 0. The highest BCUT2D eigenvalue weighted by Gasteiger charge is 2.23. The lowest BCUT2D eigenvalue weighted by Crippen LogP contribution is -2.21. The maximum atomic E-state index is 9.06. The van der Waals surface area contributed by atoms with Gasteiger partial charge in [-0.25, -0.2) is 4.98 Å². The summed E-state index contributed by atoms with van der Waals surface area (Å²) in [5.74, 6) is 1.02. The van der Waals surface area contributed by atoms with Crippen LogP contribution in [-0.4, -0.2) is 29.8 Å². The number of rotatable bonds is 2. The Labute approximate surface area is 99.1 Å². The summed E-state index contributed by atoms with van der Waals surface area (Å²) in [5.41, 5.74) is 0.516. The number of aliphatic hydroxyl groups excluding tert-OH is 1. The molecule has 1 unspecified atom stereocenters. The first-order valence-electron chi connectivity index (χ1n) is 5.16. The van der Waals surface area contributed by atoms with Crippen LogP contribution in [0.15, 0.2) is 12.1 Å². The summed E-state index contributed by atoms with van der Waals surface area (Å²) in [6.45, 7) is 1.82. The normalized spacial score (nSPS) is 19.8. The van der Waals surface area contributed by atoms with Gasteiger partial charge >= 0.3 is 0 Å². The third kappa shape index (κ3) is 2.26. The van der Waals surface area contributed by atoms with Gasteiger partial charge in [-0.15, -0.1) is 0 Å². The zero-order valence-electron chi connectivity index (χ0n) is 8.73. The molecule has 5 heteroatoms. The van der Waals surface area contributed by atoms with Crippen molar-refractivity contribution in [2.45, 2.75) is 6.42 Å². The number of nitrogens with zero attached hydrogens (tertiary/aromatic N) is 3. The molecule has 0 aliphatic carbocycles. The van der Waals surface area contributed by atoms with Crippen LogP contribution in [-0.2, 0) is 0 Å². The Kier molecular flexibility index (Phi) is 3.28. The molecule has 0 amide bonds. The molecule has 0 radical (unpaired) electrons. The molecule has 1 aromatic rings. The molecule has 0 aromatic carbocycles. The topological polar surface area (TPSA) is 60.2 Å². The van der Waals surface area contributed by atoms with Crippen LogP contribution in [0.4, 0.5) is 5.82 Å². The van der Waals surface area contributed by atoms with Gasteiger partial charge in [0, 0.05) is 25.6 Å². The third-order valence-electron chi connectivity index (χ3n) is 2.78. The fourth-order valence-electron chi connectivity index (χ4n) is 1.90. The van der Waals surface area contributed by atoms with E-state index in [4.69, 9.17) is 22.0 Å². The van der Waals surface area contributed by atoms with E-state index in [0.29, 0.717) is 16.6 Å². The second-order valence-corrected chi connectivity index (χ2v) is 4.32. The van der Waals surface area contributed by atoms with Crippen molar-refractivity contribution in [3.05, 3.63) is 22.8 Å². The van der Waals surface area contributed by atoms with E-state index < -0.39 is 0 Å². The van der Waals surface area contributed by atoms with Crippen LogP contribution in [0.2, 0.25) is 5.15 Å². The van der Waals surface area contributed by atoms with Crippen molar-refractivity contribution in [2.24, 2.45) is 5.92 Å². The third-order valence-corrected chi connectivity index (χ3v) is 2.97. The second-order valence-electron chi connectivity index (χ2n) is 3.93. The lowest BCUT2D eigenvalue weighted by molar-refractivity contribution is 0.238. The summed E-state index contributed by atoms with van der Waals surface area (Å²) >= 11 is 5.84. The van der Waals surface area contributed by atoms with E-state index in [9.17, 15) is 0 Å². The minimum atomic E-state index is 0.197. The van der Waals surface area contributed by atoms with E-state index in [1.54, 1.807) is 12.1 Å². The highest BCUT2D eigenvalue weighted by molar-refractivity contribution is 6.29. The molecule has 0 bridgehead atoms. The molecule has 1 atom stereocenters. The zero-order chi connectivity index (χ0) is 11.5. The predicted octanol–water partition coefficient (Wildman–Crippen LogP) is 1.43. The van der Waals surface area contributed by atoms with Crippen molar-refractivity contribution in [1.82, 2.24) is 4.98 Å². The van der Waals surface area contributed by atoms with Crippen LogP contribution >= 0.6 is 11.6 Å². The van der Waals surface area contributed by atoms with Crippen LogP contribution in [0.25, 0.3) is 0 Å². The van der Waals surface area contributed by atoms with Gasteiger partial charge in [0.05, 0.1) is 11.6 Å². The monoisotopic (exact) mass is 237 g/mol. The van der Waals surface area contributed by atoms with Gasteiger partial charge in [-0.2, -0.15) is 5.26 Å². The molecule has 1 aromatic heterocycles. The summed E-state index contributed by atoms with van der Waals surface area (Å²) in [6, 6.07) is 5.33. The average Bonchev–Trinajstić information content (AvgIpc) is 2.76. The summed E-state index contributed by atoms with van der Waals surface area (Å²) < 4.78 is 0. The molecule has 1 aliphatic rings. The number of pyridine rings is 1. The maximum absolute atomic E-state index is 9.06. The van der Waals surface area contributed by atoms with Crippen molar-refractivity contribution in [3.8, 4) is 6.07 Å². The van der Waals surface area contributed by atoms with E-state index in [1.807, 2.05) is 4.90 Å². The van der Waals surface area contributed by atoms with Crippen LogP contribution in [0.1, 0.15) is 12.0 Å². The summed E-state index contributed by atoms with van der Waals surface area (Å²) in [4.78, 5) is 6.24. The van der Waals surface area contributed by atoms with Gasteiger partial charge < -0.3 is 10.0 Å². The average molecular weight is 238 g/mol. The SMILES string of the molecule is N#Cc1cc(Cl)nc(N2CCC(CO)C2)c1. The Hall–Kier alpha value is -1.31. The van der Waals surface area contributed by atoms with Crippen molar-refractivity contribution in [2.75, 3.05) is 24.6 Å². The minimum absolute atomic E-state index is 0.197. The molecule has 2 heterocycles. The van der Waals surface area contributed by atoms with Gasteiger partial charge in [0.2, 0.25) is 0 Å². The number of hydrogen-bond acceptors (Lipinski definition) is 4. The minimum Gasteiger partial charge on any atom is -0.396 e. The molecule has 4 nitrogen and oxygen atoms in total. The van der Waals surface area contributed by atoms with Crippen molar-refractivity contribution >= 4 is 17.4 Å². The maximum Gasteiger partial charge on any atom is 0.132 e. The molecule has 1 saturated heterocycles. The van der Waals surface area contributed by atoms with Crippen LogP contribution in [0.5, 0.6) is 0 Å². The first kappa shape index (κ1) is 11.2. The predicted molar refractivity (Wildman–Crippen MR) is 61.4 cm³/mol. The Morgan fingerprint density at radius 1 is 1.62 bits per heavy atom. The first-order valence-corrected chi connectivity index (χ1v) is 5.54. The fourth-order valence-corrected chi connectivity index (χ4v) is 2.10. The van der Waals surface area contributed by atoms with E-state index >= 15 is 0 Å². The van der Waals surface area contributed by atoms with Gasteiger partial charge in [-0.3, -0.25) is 0 Å². The van der Waals surface area contributed by atoms with Crippen LogP contribution < -0.4 is 4.90 Å². The molecule has 1 N–H and O–H groups in total. The summed E-state index contributed by atoms with van der Waals surface area (Å²) in [6.07, 6.45) is 0.951. The van der Waals surface area contributed by atoms with Crippen LogP contribution in [0.3, 0.4) is 0 Å². The molecule has 0 saturated carbocycles. The molecular weight excluding hydrogens is 226 g/mol. The van der Waals surface area contributed by atoms with Crippen molar-refractivity contribution in [3.63, 3.8) is 0 Å². The number of nitriles is 1. The molecule has 0 spiro atoms. The molecule has 2 rings (SSSR count). The Morgan fingerprint density at radius 2 is 2.44 bits per heavy atom. The smallest absolute Gasteiger partial charge is 0.132 e. The quantitative estimate of drug-likeness (QED) is 0.791. The van der Waals surface area contributed by atoms with Crippen molar-refractivity contribution in [1.29, 1.82) is 5.26 Å². The number of aliphatic hydroxyl groups is 1. The largest absolute Gasteiger partial charge is 0.396 e. The lowest BCUT2D eigenvalue weighted by atomic mass is 10.1. The number of aromatic nitrogens is 1. The van der Waals surface area contributed by atoms with Gasteiger partial charge in [0.25, 0.3) is 0 Å². The molecular formula is C11H12ClN3O. The number of halogens is 1. The zero-order valence-corrected chi connectivity index (χ0v) is 9.48. The molecule has 1 fully saturated rings. The Morgan fingerprint density at radius 3 is 3.06 bits per heavy atom. The number of anilines is 1.